The summed E-state index contributed by atoms with van der Waals surface area (Å²) in [5, 5.41) is 15.9. The molecule has 2 aromatic carbocycles. The Morgan fingerprint density at radius 1 is 1.08 bits per heavy atom. The van der Waals surface area contributed by atoms with Crippen molar-refractivity contribution in [2.24, 2.45) is 5.16 Å². The molecular formula is C27H27N5O4S. The molecule has 3 aromatic rings. The summed E-state index contributed by atoms with van der Waals surface area (Å²) >= 11 is 0. The molecular weight excluding hydrogens is 490 g/mol. The van der Waals surface area contributed by atoms with E-state index in [0.717, 1.165) is 0 Å². The number of aromatic nitrogens is 1. The van der Waals surface area contributed by atoms with Gasteiger partial charge in [0.25, 0.3) is 5.91 Å². The third kappa shape index (κ3) is 5.85. The lowest BCUT2D eigenvalue weighted by atomic mass is 9.94. The summed E-state index contributed by atoms with van der Waals surface area (Å²) in [5.41, 5.74) is 0.960. The number of pyridine rings is 1. The SMILES string of the molecule is CC(C)(C)NS(=O)(=O)c1ccccc1-c1ccc(NC(=O)C2(C)CC(c3cccc(C#N)c3)=NO2)nc1. The number of nitriles is 1. The van der Waals surface area contributed by atoms with Gasteiger partial charge in [-0.05, 0) is 58.0 Å². The lowest BCUT2D eigenvalue weighted by Gasteiger charge is -2.22. The van der Waals surface area contributed by atoms with Crippen molar-refractivity contribution in [1.82, 2.24) is 9.71 Å². The third-order valence-corrected chi connectivity index (χ3v) is 7.42. The number of hydrogen-bond acceptors (Lipinski definition) is 7. The normalized spacial score (nSPS) is 17.4. The summed E-state index contributed by atoms with van der Waals surface area (Å²) in [6.07, 6.45) is 1.73. The van der Waals surface area contributed by atoms with Crippen LogP contribution in [0.5, 0.6) is 0 Å². The Morgan fingerprint density at radius 3 is 2.51 bits per heavy atom. The molecule has 4 rings (SSSR count). The van der Waals surface area contributed by atoms with E-state index in [1.54, 1.807) is 82.3 Å². The molecule has 1 aromatic heterocycles. The van der Waals surface area contributed by atoms with Gasteiger partial charge < -0.3 is 10.2 Å². The standard InChI is InChI=1S/C27H27N5O4S/c1-26(2,3)32-37(34,35)23-11-6-5-10-21(23)20-12-13-24(29-17-20)30-25(33)27(4)15-22(31-36-27)19-9-7-8-18(14-19)16-28/h5-14,17,32H,15H2,1-4H3,(H,29,30,33). The molecule has 0 bridgehead atoms. The van der Waals surface area contributed by atoms with Gasteiger partial charge in [-0.1, -0.05) is 35.5 Å². The predicted molar refractivity (Wildman–Crippen MR) is 140 cm³/mol. The highest BCUT2D eigenvalue weighted by Gasteiger charge is 2.42. The van der Waals surface area contributed by atoms with Gasteiger partial charge in [-0.25, -0.2) is 18.1 Å². The quantitative estimate of drug-likeness (QED) is 0.503. The zero-order valence-corrected chi connectivity index (χ0v) is 21.8. The van der Waals surface area contributed by atoms with E-state index < -0.39 is 27.1 Å². The largest absolute Gasteiger partial charge is 0.379 e. The van der Waals surface area contributed by atoms with Gasteiger partial charge in [-0.15, -0.1) is 0 Å². The van der Waals surface area contributed by atoms with Gasteiger partial charge in [0.2, 0.25) is 15.6 Å². The fourth-order valence-corrected chi connectivity index (χ4v) is 5.51. The number of benzene rings is 2. The molecule has 0 fully saturated rings. The number of rotatable bonds is 6. The lowest BCUT2D eigenvalue weighted by molar-refractivity contribution is -0.135. The summed E-state index contributed by atoms with van der Waals surface area (Å²) in [6.45, 7) is 6.96. The highest BCUT2D eigenvalue weighted by molar-refractivity contribution is 7.89. The molecule has 0 aliphatic carbocycles. The molecule has 2 heterocycles. The Labute approximate surface area is 216 Å². The Bertz CT molecular complexity index is 1520. The second-order valence-corrected chi connectivity index (χ2v) is 11.6. The van der Waals surface area contributed by atoms with Crippen molar-refractivity contribution in [3.8, 4) is 17.2 Å². The van der Waals surface area contributed by atoms with Gasteiger partial charge in [-0.3, -0.25) is 4.79 Å². The van der Waals surface area contributed by atoms with Crippen LogP contribution in [0.4, 0.5) is 5.82 Å². The Kier molecular flexibility index (Phi) is 6.86. The second-order valence-electron chi connectivity index (χ2n) is 9.97. The topological polar surface area (TPSA) is 134 Å². The first-order valence-electron chi connectivity index (χ1n) is 11.6. The minimum atomic E-state index is -3.77. The van der Waals surface area contributed by atoms with Gasteiger partial charge in [0, 0.05) is 34.8 Å². The Balaban J connectivity index is 1.49. The van der Waals surface area contributed by atoms with Gasteiger partial charge >= 0.3 is 0 Å². The van der Waals surface area contributed by atoms with Gasteiger partial charge in [0.1, 0.15) is 5.82 Å². The second kappa shape index (κ2) is 9.76. The van der Waals surface area contributed by atoms with Crippen LogP contribution in [0.25, 0.3) is 11.1 Å². The molecule has 0 spiro atoms. The van der Waals surface area contributed by atoms with E-state index in [4.69, 9.17) is 10.1 Å². The molecule has 1 amide bonds. The molecule has 1 atom stereocenters. The smallest absolute Gasteiger partial charge is 0.272 e. The van der Waals surface area contributed by atoms with E-state index in [2.05, 4.69) is 26.2 Å². The number of carbonyl (C=O) groups excluding carboxylic acids is 1. The van der Waals surface area contributed by atoms with Crippen molar-refractivity contribution in [3.05, 3.63) is 78.0 Å². The molecule has 0 saturated carbocycles. The molecule has 1 aliphatic rings. The third-order valence-electron chi connectivity index (χ3n) is 5.60. The van der Waals surface area contributed by atoms with E-state index in [9.17, 15) is 13.2 Å². The monoisotopic (exact) mass is 517 g/mol. The summed E-state index contributed by atoms with van der Waals surface area (Å²) < 4.78 is 28.6. The zero-order chi connectivity index (χ0) is 26.8. The van der Waals surface area contributed by atoms with Gasteiger partial charge in [0.05, 0.1) is 22.2 Å². The van der Waals surface area contributed by atoms with E-state index >= 15 is 0 Å². The van der Waals surface area contributed by atoms with Crippen molar-refractivity contribution in [1.29, 1.82) is 5.26 Å². The zero-order valence-electron chi connectivity index (χ0n) is 20.9. The first-order valence-corrected chi connectivity index (χ1v) is 13.0. The summed E-state index contributed by atoms with van der Waals surface area (Å²) in [5.74, 6) is -0.146. The predicted octanol–water partition coefficient (Wildman–Crippen LogP) is 4.22. The molecule has 1 aliphatic heterocycles. The first-order chi connectivity index (χ1) is 17.4. The Morgan fingerprint density at radius 2 is 1.84 bits per heavy atom. The first kappa shape index (κ1) is 26.0. The van der Waals surface area contributed by atoms with Crippen LogP contribution in [0, 0.1) is 11.3 Å². The number of anilines is 1. The minimum Gasteiger partial charge on any atom is -0.379 e. The summed E-state index contributed by atoms with van der Waals surface area (Å²) in [4.78, 5) is 23.0. The fourth-order valence-electron chi connectivity index (χ4n) is 3.86. The highest BCUT2D eigenvalue weighted by atomic mass is 32.2. The van der Waals surface area contributed by atoms with E-state index in [0.29, 0.717) is 28.0 Å². The number of nitrogens with one attached hydrogen (secondary N) is 2. The van der Waals surface area contributed by atoms with Crippen LogP contribution in [-0.2, 0) is 19.7 Å². The van der Waals surface area contributed by atoms with E-state index in [-0.39, 0.29) is 17.1 Å². The molecule has 37 heavy (non-hydrogen) atoms. The lowest BCUT2D eigenvalue weighted by Crippen LogP contribution is -2.40. The molecule has 0 radical (unpaired) electrons. The van der Waals surface area contributed by atoms with Crippen molar-refractivity contribution < 1.29 is 18.0 Å². The van der Waals surface area contributed by atoms with Crippen molar-refractivity contribution in [3.63, 3.8) is 0 Å². The van der Waals surface area contributed by atoms with Crippen LogP contribution in [0.1, 0.15) is 45.2 Å². The van der Waals surface area contributed by atoms with Gasteiger partial charge in [0.15, 0.2) is 0 Å². The number of carbonyl (C=O) groups is 1. The number of amides is 1. The molecule has 0 saturated heterocycles. The van der Waals surface area contributed by atoms with E-state index in [1.807, 2.05) is 6.07 Å². The van der Waals surface area contributed by atoms with Crippen molar-refractivity contribution >= 4 is 27.5 Å². The average Bonchev–Trinajstić information content (AvgIpc) is 3.27. The number of oxime groups is 1. The average molecular weight is 518 g/mol. The minimum absolute atomic E-state index is 0.139. The molecule has 1 unspecified atom stereocenters. The maximum Gasteiger partial charge on any atom is 0.272 e. The maximum absolute atomic E-state index is 13.0. The van der Waals surface area contributed by atoms with Crippen molar-refractivity contribution in [2.45, 2.75) is 50.2 Å². The van der Waals surface area contributed by atoms with Crippen molar-refractivity contribution in [2.75, 3.05) is 5.32 Å². The van der Waals surface area contributed by atoms with Crippen LogP contribution in [0.15, 0.2) is 76.9 Å². The van der Waals surface area contributed by atoms with Crippen LogP contribution >= 0.6 is 0 Å². The number of nitrogens with zero attached hydrogens (tertiary/aromatic N) is 3. The number of hydrogen-bond donors (Lipinski definition) is 2. The Hall–Kier alpha value is -4.07. The maximum atomic E-state index is 13.0. The van der Waals surface area contributed by atoms with Crippen LogP contribution < -0.4 is 10.0 Å². The number of sulfonamides is 1. The summed E-state index contributed by atoms with van der Waals surface area (Å²) in [6, 6.07) is 19.0. The van der Waals surface area contributed by atoms with Crippen LogP contribution in [0.3, 0.4) is 0 Å². The highest BCUT2D eigenvalue weighted by Crippen LogP contribution is 2.30. The molecule has 190 valence electrons. The van der Waals surface area contributed by atoms with Crippen LogP contribution in [-0.4, -0.2) is 36.2 Å². The van der Waals surface area contributed by atoms with Crippen LogP contribution in [0.2, 0.25) is 0 Å². The molecule has 9 nitrogen and oxygen atoms in total. The van der Waals surface area contributed by atoms with Gasteiger partial charge in [-0.2, -0.15) is 5.26 Å². The molecule has 2 N–H and O–H groups in total. The van der Waals surface area contributed by atoms with E-state index in [1.165, 1.54) is 6.20 Å². The molecule has 10 heteroatoms. The summed E-state index contributed by atoms with van der Waals surface area (Å²) in [7, 11) is -3.77. The fraction of sp³-hybridized carbons (Fsp3) is 0.259.